The summed E-state index contributed by atoms with van der Waals surface area (Å²) in [5.74, 6) is 4.59. The average Bonchev–Trinajstić information content (AvgIpc) is 2.47. The second-order valence-corrected chi connectivity index (χ2v) is 8.02. The fourth-order valence-electron chi connectivity index (χ4n) is 2.27. The maximum absolute atomic E-state index is 9.99. The van der Waals surface area contributed by atoms with Crippen LogP contribution in [-0.4, -0.2) is 53.4 Å². The molecular weight excluding hydrogens is 302 g/mol. The molecule has 1 aromatic rings. The van der Waals surface area contributed by atoms with Gasteiger partial charge >= 0.3 is 0 Å². The first-order chi connectivity index (χ1) is 10.1. The Morgan fingerprint density at radius 1 is 1.38 bits per heavy atom. The van der Waals surface area contributed by atoms with Crippen molar-refractivity contribution in [2.45, 2.75) is 25.2 Å². The Hall–Kier alpha value is -0.360. The number of rotatable bonds is 7. The summed E-state index contributed by atoms with van der Waals surface area (Å²) >= 11 is 4.06. The number of aliphatic hydroxyl groups is 1. The lowest BCUT2D eigenvalue weighted by molar-refractivity contribution is 0.106. The molecule has 2 N–H and O–H groups in total. The SMILES string of the molecule is Cc1ccc(OCC(O)CNCC2CSCCS2)c(C)c1. The molecule has 118 valence electrons. The topological polar surface area (TPSA) is 41.5 Å². The molecule has 0 aromatic heterocycles. The molecule has 1 heterocycles. The maximum atomic E-state index is 9.99. The predicted octanol–water partition coefficient (Wildman–Crippen LogP) is 2.48. The normalized spacial score (nSPS) is 20.2. The zero-order chi connectivity index (χ0) is 15.1. The molecule has 0 amide bonds. The molecule has 3 nitrogen and oxygen atoms in total. The van der Waals surface area contributed by atoms with E-state index < -0.39 is 6.10 Å². The van der Waals surface area contributed by atoms with Crippen LogP contribution in [0.1, 0.15) is 11.1 Å². The minimum atomic E-state index is -0.466. The minimum Gasteiger partial charge on any atom is -0.491 e. The molecule has 1 aliphatic rings. The van der Waals surface area contributed by atoms with Crippen molar-refractivity contribution in [3.63, 3.8) is 0 Å². The Morgan fingerprint density at radius 3 is 2.95 bits per heavy atom. The molecule has 0 bridgehead atoms. The van der Waals surface area contributed by atoms with E-state index in [1.165, 1.54) is 22.8 Å². The average molecular weight is 328 g/mol. The summed E-state index contributed by atoms with van der Waals surface area (Å²) < 4.78 is 5.70. The van der Waals surface area contributed by atoms with E-state index in [-0.39, 0.29) is 0 Å². The van der Waals surface area contributed by atoms with E-state index in [1.807, 2.05) is 42.6 Å². The fraction of sp³-hybridized carbons (Fsp3) is 0.625. The highest BCUT2D eigenvalue weighted by Gasteiger charge is 2.14. The van der Waals surface area contributed by atoms with Crippen molar-refractivity contribution in [2.24, 2.45) is 0 Å². The molecule has 2 unspecified atom stereocenters. The van der Waals surface area contributed by atoms with E-state index in [1.54, 1.807) is 0 Å². The van der Waals surface area contributed by atoms with Gasteiger partial charge < -0.3 is 15.2 Å². The first-order valence-corrected chi connectivity index (χ1v) is 9.63. The second kappa shape index (κ2) is 8.93. The number of hydrogen-bond acceptors (Lipinski definition) is 5. The molecule has 0 aliphatic carbocycles. The largest absolute Gasteiger partial charge is 0.491 e. The molecule has 2 rings (SSSR count). The van der Waals surface area contributed by atoms with Gasteiger partial charge in [0.05, 0.1) is 0 Å². The Bertz CT molecular complexity index is 436. The Kier molecular flexibility index (Phi) is 7.23. The van der Waals surface area contributed by atoms with Crippen LogP contribution >= 0.6 is 23.5 Å². The van der Waals surface area contributed by atoms with Gasteiger partial charge in [-0.05, 0) is 25.5 Å². The van der Waals surface area contributed by atoms with E-state index in [0.29, 0.717) is 18.4 Å². The number of aliphatic hydroxyl groups excluding tert-OH is 1. The van der Waals surface area contributed by atoms with E-state index in [9.17, 15) is 5.11 Å². The smallest absolute Gasteiger partial charge is 0.122 e. The Balaban J connectivity index is 1.63. The van der Waals surface area contributed by atoms with Crippen LogP contribution < -0.4 is 10.1 Å². The number of ether oxygens (including phenoxy) is 1. The number of benzene rings is 1. The molecule has 1 fully saturated rings. The summed E-state index contributed by atoms with van der Waals surface area (Å²) in [6.45, 7) is 6.00. The van der Waals surface area contributed by atoms with Crippen LogP contribution in [0.4, 0.5) is 0 Å². The fourth-order valence-corrected chi connectivity index (χ4v) is 4.92. The van der Waals surface area contributed by atoms with Crippen LogP contribution in [0.3, 0.4) is 0 Å². The highest BCUT2D eigenvalue weighted by Crippen LogP contribution is 2.23. The van der Waals surface area contributed by atoms with Crippen molar-refractivity contribution >= 4 is 23.5 Å². The van der Waals surface area contributed by atoms with E-state index >= 15 is 0 Å². The van der Waals surface area contributed by atoms with Gasteiger partial charge in [0.1, 0.15) is 18.5 Å². The van der Waals surface area contributed by atoms with Gasteiger partial charge in [-0.25, -0.2) is 0 Å². The summed E-state index contributed by atoms with van der Waals surface area (Å²) in [6, 6.07) is 6.10. The highest BCUT2D eigenvalue weighted by molar-refractivity contribution is 8.06. The molecule has 1 saturated heterocycles. The molecule has 0 saturated carbocycles. The predicted molar refractivity (Wildman–Crippen MR) is 93.9 cm³/mol. The summed E-state index contributed by atoms with van der Waals surface area (Å²) in [6.07, 6.45) is -0.466. The van der Waals surface area contributed by atoms with Crippen molar-refractivity contribution < 1.29 is 9.84 Å². The third-order valence-electron chi connectivity index (χ3n) is 3.40. The van der Waals surface area contributed by atoms with Crippen molar-refractivity contribution in [2.75, 3.05) is 37.0 Å². The monoisotopic (exact) mass is 327 g/mol. The van der Waals surface area contributed by atoms with Crippen molar-refractivity contribution in [3.8, 4) is 5.75 Å². The van der Waals surface area contributed by atoms with E-state index in [0.717, 1.165) is 17.9 Å². The lowest BCUT2D eigenvalue weighted by Gasteiger charge is -2.22. The molecular formula is C16H25NO2S2. The first kappa shape index (κ1) is 17.0. The maximum Gasteiger partial charge on any atom is 0.122 e. The van der Waals surface area contributed by atoms with Crippen LogP contribution in [0.2, 0.25) is 0 Å². The molecule has 21 heavy (non-hydrogen) atoms. The van der Waals surface area contributed by atoms with Gasteiger partial charge in [0.15, 0.2) is 0 Å². The lowest BCUT2D eigenvalue weighted by Crippen LogP contribution is -2.36. The van der Waals surface area contributed by atoms with Gasteiger partial charge in [-0.15, -0.1) is 0 Å². The molecule has 2 atom stereocenters. The van der Waals surface area contributed by atoms with Gasteiger partial charge in [-0.3, -0.25) is 0 Å². The van der Waals surface area contributed by atoms with Crippen LogP contribution in [0, 0.1) is 13.8 Å². The van der Waals surface area contributed by atoms with Crippen LogP contribution in [0.25, 0.3) is 0 Å². The zero-order valence-electron chi connectivity index (χ0n) is 12.8. The van der Waals surface area contributed by atoms with Crippen molar-refractivity contribution in [1.29, 1.82) is 0 Å². The quantitative estimate of drug-likeness (QED) is 0.805. The van der Waals surface area contributed by atoms with Crippen LogP contribution in [0.5, 0.6) is 5.75 Å². The first-order valence-electron chi connectivity index (χ1n) is 7.43. The van der Waals surface area contributed by atoms with Gasteiger partial charge in [-0.1, -0.05) is 17.7 Å². The van der Waals surface area contributed by atoms with Gasteiger partial charge in [-0.2, -0.15) is 23.5 Å². The van der Waals surface area contributed by atoms with E-state index in [2.05, 4.69) is 18.3 Å². The Labute approximate surface area is 136 Å². The standard InChI is InChI=1S/C16H25NO2S2/c1-12-3-4-16(13(2)7-12)19-10-14(18)8-17-9-15-11-20-5-6-21-15/h3-4,7,14-15,17-18H,5-6,8-11H2,1-2H3. The van der Waals surface area contributed by atoms with Gasteiger partial charge in [0, 0.05) is 35.6 Å². The van der Waals surface area contributed by atoms with E-state index in [4.69, 9.17) is 4.74 Å². The third kappa shape index (κ3) is 6.10. The van der Waals surface area contributed by atoms with Gasteiger partial charge in [0.25, 0.3) is 0 Å². The third-order valence-corrected chi connectivity index (χ3v) is 6.24. The number of thioether (sulfide) groups is 2. The molecule has 0 radical (unpaired) electrons. The second-order valence-electron chi connectivity index (χ2n) is 5.46. The number of nitrogens with one attached hydrogen (secondary N) is 1. The van der Waals surface area contributed by atoms with Crippen molar-refractivity contribution in [1.82, 2.24) is 5.32 Å². The number of aryl methyl sites for hydroxylation is 2. The molecule has 1 aliphatic heterocycles. The number of hydrogen-bond donors (Lipinski definition) is 2. The zero-order valence-corrected chi connectivity index (χ0v) is 14.4. The molecule has 5 heteroatoms. The van der Waals surface area contributed by atoms with Crippen LogP contribution in [-0.2, 0) is 0 Å². The summed E-state index contributed by atoms with van der Waals surface area (Å²) in [5, 5.41) is 14.0. The highest BCUT2D eigenvalue weighted by atomic mass is 32.2. The molecule has 0 spiro atoms. The van der Waals surface area contributed by atoms with Gasteiger partial charge in [0.2, 0.25) is 0 Å². The summed E-state index contributed by atoms with van der Waals surface area (Å²) in [7, 11) is 0. The minimum absolute atomic E-state index is 0.337. The Morgan fingerprint density at radius 2 is 2.24 bits per heavy atom. The summed E-state index contributed by atoms with van der Waals surface area (Å²) in [5.41, 5.74) is 2.34. The van der Waals surface area contributed by atoms with Crippen LogP contribution in [0.15, 0.2) is 18.2 Å². The van der Waals surface area contributed by atoms with Crippen molar-refractivity contribution in [3.05, 3.63) is 29.3 Å². The summed E-state index contributed by atoms with van der Waals surface area (Å²) in [4.78, 5) is 0. The lowest BCUT2D eigenvalue weighted by atomic mass is 10.1. The molecule has 1 aromatic carbocycles.